The van der Waals surface area contributed by atoms with E-state index in [-0.39, 0.29) is 6.10 Å². The zero-order valence-electron chi connectivity index (χ0n) is 20.3. The van der Waals surface area contributed by atoms with Gasteiger partial charge in [-0.15, -0.1) is 0 Å². The lowest BCUT2D eigenvalue weighted by Crippen LogP contribution is -2.19. The van der Waals surface area contributed by atoms with Crippen molar-refractivity contribution in [2.45, 2.75) is 45.1 Å². The predicted octanol–water partition coefficient (Wildman–Crippen LogP) is 5.16. The van der Waals surface area contributed by atoms with E-state index >= 15 is 0 Å². The number of hydrogen-bond donors (Lipinski definition) is 2. The summed E-state index contributed by atoms with van der Waals surface area (Å²) < 4.78 is 8.16. The molecular weight excluding hydrogens is 466 g/mol. The first-order valence-corrected chi connectivity index (χ1v) is 12.5. The van der Waals surface area contributed by atoms with Gasteiger partial charge in [0.05, 0.1) is 65.3 Å². The van der Waals surface area contributed by atoms with Gasteiger partial charge in [0, 0.05) is 23.3 Å². The Labute approximate surface area is 212 Å². The molecule has 0 radical (unpaired) electrons. The number of H-pyrrole nitrogens is 2. The summed E-state index contributed by atoms with van der Waals surface area (Å²) in [5.41, 5.74) is 6.62. The van der Waals surface area contributed by atoms with Crippen LogP contribution >= 0.6 is 0 Å². The monoisotopic (exact) mass is 491 g/mol. The normalized spacial score (nSPS) is 14.5. The number of fused-ring (bicyclic) bond motifs is 2. The quantitative estimate of drug-likeness (QED) is 0.341. The molecule has 0 amide bonds. The number of nitrogens with zero attached hydrogens (tertiary/aromatic N) is 7. The minimum atomic E-state index is 0.264. The lowest BCUT2D eigenvalue weighted by Gasteiger charge is -2.22. The molecule has 6 aromatic rings. The van der Waals surface area contributed by atoms with E-state index in [9.17, 15) is 0 Å². The molecule has 0 saturated heterocycles. The van der Waals surface area contributed by atoms with Gasteiger partial charge >= 0.3 is 0 Å². The summed E-state index contributed by atoms with van der Waals surface area (Å²) in [6.07, 6.45) is 18.9. The first-order chi connectivity index (χ1) is 18.2. The molecular formula is C27H25N9O. The molecule has 37 heavy (non-hydrogen) atoms. The summed E-state index contributed by atoms with van der Waals surface area (Å²) in [6, 6.07) is 4.03. The van der Waals surface area contributed by atoms with E-state index < -0.39 is 0 Å². The van der Waals surface area contributed by atoms with Crippen LogP contribution in [0, 0.1) is 6.92 Å². The Balaban J connectivity index is 1.26. The van der Waals surface area contributed by atoms with E-state index in [1.54, 1.807) is 31.1 Å². The molecule has 184 valence electrons. The van der Waals surface area contributed by atoms with Crippen molar-refractivity contribution in [2.24, 2.45) is 0 Å². The van der Waals surface area contributed by atoms with Crippen molar-refractivity contribution in [3.8, 4) is 34.2 Å². The predicted molar refractivity (Wildman–Crippen MR) is 139 cm³/mol. The first-order valence-electron chi connectivity index (χ1n) is 12.5. The van der Waals surface area contributed by atoms with Crippen LogP contribution in [0.1, 0.15) is 37.8 Å². The Hall–Kier alpha value is -4.60. The Kier molecular flexibility index (Phi) is 5.16. The zero-order valence-corrected chi connectivity index (χ0v) is 20.3. The maximum Gasteiger partial charge on any atom is 0.159 e. The number of imidazole rings is 2. The topological polar surface area (TPSA) is 123 Å². The molecule has 0 aromatic carbocycles. The second-order valence-corrected chi connectivity index (χ2v) is 9.54. The minimum absolute atomic E-state index is 0.264. The van der Waals surface area contributed by atoms with E-state index in [1.807, 2.05) is 36.0 Å². The van der Waals surface area contributed by atoms with Crippen LogP contribution in [0.5, 0.6) is 5.75 Å². The maximum atomic E-state index is 6.23. The molecule has 1 aliphatic carbocycles. The molecule has 7 rings (SSSR count). The number of pyridine rings is 3. The van der Waals surface area contributed by atoms with E-state index in [4.69, 9.17) is 9.72 Å². The second-order valence-electron chi connectivity index (χ2n) is 9.54. The zero-order chi connectivity index (χ0) is 24.8. The third-order valence-electron chi connectivity index (χ3n) is 6.90. The van der Waals surface area contributed by atoms with Crippen LogP contribution in [0.4, 0.5) is 0 Å². The van der Waals surface area contributed by atoms with E-state index in [0.717, 1.165) is 63.2 Å². The molecule has 6 heterocycles. The lowest BCUT2D eigenvalue weighted by molar-refractivity contribution is 0.154. The molecule has 1 aliphatic rings. The Morgan fingerprint density at radius 2 is 1.84 bits per heavy atom. The first kappa shape index (κ1) is 21.7. The SMILES string of the molecule is Cc1cn(-c2cncc3[nH]c(-c4n[nH]c5cnc(-c6cncc(OC7CCCCC7)c6)cc45)nc23)cn1. The number of aryl methyl sites for hydroxylation is 1. The number of hydrogen-bond acceptors (Lipinski definition) is 7. The summed E-state index contributed by atoms with van der Waals surface area (Å²) in [5.74, 6) is 1.43. The molecule has 1 fully saturated rings. The molecule has 10 heteroatoms. The fourth-order valence-corrected chi connectivity index (χ4v) is 5.03. The van der Waals surface area contributed by atoms with Crippen molar-refractivity contribution in [3.63, 3.8) is 0 Å². The standard InChI is InChI=1S/C27H25N9O/c1-16-14-36(15-31-16)24-13-29-11-23-26(24)33-27(32-23)25-20-8-21(30-12-22(20)34-35-25)17-7-19(10-28-9-17)37-18-5-3-2-4-6-18/h7-15,18H,2-6H2,1H3,(H,32,33)(H,34,35). The second kappa shape index (κ2) is 8.81. The summed E-state index contributed by atoms with van der Waals surface area (Å²) in [5, 5.41) is 8.55. The molecule has 0 unspecified atom stereocenters. The van der Waals surface area contributed by atoms with Crippen LogP contribution in [-0.2, 0) is 0 Å². The Morgan fingerprint density at radius 1 is 0.946 bits per heavy atom. The van der Waals surface area contributed by atoms with Crippen LogP contribution in [0.15, 0.2) is 55.6 Å². The fourth-order valence-electron chi connectivity index (χ4n) is 5.03. The average Bonchev–Trinajstić information content (AvgIpc) is 3.66. The van der Waals surface area contributed by atoms with Crippen molar-refractivity contribution in [3.05, 3.63) is 61.3 Å². The van der Waals surface area contributed by atoms with Crippen LogP contribution in [0.25, 0.3) is 50.4 Å². The maximum absolute atomic E-state index is 6.23. The van der Waals surface area contributed by atoms with Crippen LogP contribution < -0.4 is 4.74 Å². The van der Waals surface area contributed by atoms with Gasteiger partial charge in [-0.2, -0.15) is 5.10 Å². The molecule has 10 nitrogen and oxygen atoms in total. The molecule has 0 atom stereocenters. The number of ether oxygens (including phenoxy) is 1. The summed E-state index contributed by atoms with van der Waals surface area (Å²) in [4.78, 5) is 26.1. The minimum Gasteiger partial charge on any atom is -0.489 e. The van der Waals surface area contributed by atoms with Gasteiger partial charge in [-0.3, -0.25) is 20.1 Å². The van der Waals surface area contributed by atoms with Gasteiger partial charge in [0.15, 0.2) is 5.82 Å². The number of aromatic amines is 2. The van der Waals surface area contributed by atoms with Gasteiger partial charge in [-0.1, -0.05) is 6.42 Å². The smallest absolute Gasteiger partial charge is 0.159 e. The van der Waals surface area contributed by atoms with Gasteiger partial charge in [0.2, 0.25) is 0 Å². The summed E-state index contributed by atoms with van der Waals surface area (Å²) in [6.45, 7) is 1.95. The molecule has 0 spiro atoms. The fraction of sp³-hybridized carbons (Fsp3) is 0.259. The van der Waals surface area contributed by atoms with Crippen LogP contribution in [0.2, 0.25) is 0 Å². The highest BCUT2D eigenvalue weighted by molar-refractivity contribution is 5.95. The molecule has 2 N–H and O–H groups in total. The number of aromatic nitrogens is 9. The average molecular weight is 492 g/mol. The highest BCUT2D eigenvalue weighted by atomic mass is 16.5. The molecule has 1 saturated carbocycles. The number of rotatable bonds is 5. The van der Waals surface area contributed by atoms with E-state index in [2.05, 4.69) is 35.1 Å². The largest absolute Gasteiger partial charge is 0.489 e. The third kappa shape index (κ3) is 4.00. The Bertz CT molecular complexity index is 1720. The number of nitrogens with one attached hydrogen (secondary N) is 2. The summed E-state index contributed by atoms with van der Waals surface area (Å²) in [7, 11) is 0. The van der Waals surface area contributed by atoms with Gasteiger partial charge < -0.3 is 14.3 Å². The highest BCUT2D eigenvalue weighted by Crippen LogP contribution is 2.31. The summed E-state index contributed by atoms with van der Waals surface area (Å²) >= 11 is 0. The van der Waals surface area contributed by atoms with Gasteiger partial charge in [-0.05, 0) is 44.7 Å². The van der Waals surface area contributed by atoms with Gasteiger partial charge in [0.25, 0.3) is 0 Å². The van der Waals surface area contributed by atoms with E-state index in [1.165, 1.54) is 19.3 Å². The van der Waals surface area contributed by atoms with Crippen molar-refractivity contribution >= 4 is 21.9 Å². The van der Waals surface area contributed by atoms with Crippen molar-refractivity contribution in [1.82, 2.24) is 44.7 Å². The highest BCUT2D eigenvalue weighted by Gasteiger charge is 2.18. The van der Waals surface area contributed by atoms with E-state index in [0.29, 0.717) is 11.5 Å². The molecule has 0 aliphatic heterocycles. The molecule has 0 bridgehead atoms. The molecule has 6 aromatic heterocycles. The van der Waals surface area contributed by atoms with Crippen molar-refractivity contribution in [2.75, 3.05) is 0 Å². The Morgan fingerprint density at radius 3 is 2.70 bits per heavy atom. The third-order valence-corrected chi connectivity index (χ3v) is 6.90. The van der Waals surface area contributed by atoms with Gasteiger partial charge in [0.1, 0.15) is 17.0 Å². The van der Waals surface area contributed by atoms with Crippen molar-refractivity contribution < 1.29 is 4.74 Å². The van der Waals surface area contributed by atoms with Crippen molar-refractivity contribution in [1.29, 1.82) is 0 Å². The van der Waals surface area contributed by atoms with Crippen LogP contribution in [0.3, 0.4) is 0 Å². The van der Waals surface area contributed by atoms with Crippen LogP contribution in [-0.4, -0.2) is 50.8 Å². The lowest BCUT2D eigenvalue weighted by atomic mass is 9.98. The van der Waals surface area contributed by atoms with Gasteiger partial charge in [-0.25, -0.2) is 9.97 Å².